The number of nitrogens with two attached hydrogens (primary N) is 1. The number of rotatable bonds is 5. The highest BCUT2D eigenvalue weighted by Gasteiger charge is 2.22. The first-order valence-electron chi connectivity index (χ1n) is 12.7. The van der Waals surface area contributed by atoms with Crippen molar-refractivity contribution in [3.8, 4) is 22.4 Å². The zero-order valence-corrected chi connectivity index (χ0v) is 20.1. The van der Waals surface area contributed by atoms with Crippen molar-refractivity contribution < 1.29 is 23.7 Å². The third kappa shape index (κ3) is 4.61. The second kappa shape index (κ2) is 10.0. The third-order valence-corrected chi connectivity index (χ3v) is 7.33. The summed E-state index contributed by atoms with van der Waals surface area (Å²) in [5, 5.41) is 6.92. The summed E-state index contributed by atoms with van der Waals surface area (Å²) >= 11 is 0. The van der Waals surface area contributed by atoms with E-state index in [2.05, 4.69) is 15.4 Å². The first kappa shape index (κ1) is 23.1. The fraction of sp³-hybridized carbons (Fsp3) is 0.370. The van der Waals surface area contributed by atoms with Crippen LogP contribution in [0.15, 0.2) is 48.9 Å². The first-order chi connectivity index (χ1) is 17.7. The molecule has 4 heterocycles. The van der Waals surface area contributed by atoms with Crippen LogP contribution in [-0.4, -0.2) is 59.1 Å². The Hall–Kier alpha value is -3.27. The minimum absolute atomic E-state index is 0.121. The Labute approximate surface area is 208 Å². The van der Waals surface area contributed by atoms with E-state index in [4.69, 9.17) is 9.72 Å². The van der Waals surface area contributed by atoms with Crippen LogP contribution in [0.2, 0.25) is 0 Å². The summed E-state index contributed by atoms with van der Waals surface area (Å²) in [7, 11) is 0. The van der Waals surface area contributed by atoms with E-state index in [1.807, 2.05) is 35.3 Å². The van der Waals surface area contributed by atoms with Gasteiger partial charge in [-0.1, -0.05) is 12.1 Å². The van der Waals surface area contributed by atoms with E-state index in [1.54, 1.807) is 6.20 Å². The molecule has 0 spiro atoms. The highest BCUT2D eigenvalue weighted by atomic mass is 19.1. The molecule has 2 aliphatic rings. The van der Waals surface area contributed by atoms with Crippen LogP contribution >= 0.6 is 0 Å². The molecule has 0 aliphatic carbocycles. The number of nitrogens with zero attached hydrogens (tertiary/aromatic N) is 4. The summed E-state index contributed by atoms with van der Waals surface area (Å²) in [5.41, 5.74) is 4.09. The van der Waals surface area contributed by atoms with E-state index >= 15 is 8.78 Å². The zero-order chi connectivity index (χ0) is 24.5. The Morgan fingerprint density at radius 2 is 1.81 bits per heavy atom. The number of quaternary nitrogens is 2. The molecule has 0 amide bonds. The lowest BCUT2D eigenvalue weighted by atomic mass is 10.0. The largest absolute Gasteiger partial charge is 0.370 e. The maximum Gasteiger partial charge on any atom is 0.135 e. The Morgan fingerprint density at radius 3 is 2.58 bits per heavy atom. The summed E-state index contributed by atoms with van der Waals surface area (Å²) in [6.07, 6.45) is 7.76. The van der Waals surface area contributed by atoms with Gasteiger partial charge in [0.25, 0.3) is 0 Å². The fourth-order valence-electron chi connectivity index (χ4n) is 5.26. The molecule has 36 heavy (non-hydrogen) atoms. The predicted molar refractivity (Wildman–Crippen MR) is 131 cm³/mol. The van der Waals surface area contributed by atoms with Crippen molar-refractivity contribution in [3.05, 3.63) is 66.1 Å². The van der Waals surface area contributed by atoms with Crippen molar-refractivity contribution in [3.63, 3.8) is 0 Å². The summed E-state index contributed by atoms with van der Waals surface area (Å²) in [4.78, 5) is 10.6. The molecule has 6 rings (SSSR count). The van der Waals surface area contributed by atoms with Crippen molar-refractivity contribution in [1.82, 2.24) is 19.7 Å². The Morgan fingerprint density at radius 1 is 1.03 bits per heavy atom. The second-order valence-corrected chi connectivity index (χ2v) is 9.69. The van der Waals surface area contributed by atoms with Crippen molar-refractivity contribution >= 4 is 11.0 Å². The number of nitrogens with one attached hydrogen (secondary N) is 1. The van der Waals surface area contributed by atoms with Crippen molar-refractivity contribution in [2.75, 3.05) is 39.4 Å². The molecule has 7 nitrogen and oxygen atoms in total. The van der Waals surface area contributed by atoms with Gasteiger partial charge in [-0.15, -0.1) is 0 Å². The Kier molecular flexibility index (Phi) is 6.43. The SMILES string of the molecule is Fc1cc(-c2cccc3ncc(-c4cnn(C5CC[NH2+]CC5)c4)nc23)cc(F)c1C[NH+]1CCOCC1. The van der Waals surface area contributed by atoms with Gasteiger partial charge >= 0.3 is 0 Å². The molecule has 3 N–H and O–H groups in total. The molecule has 9 heteroatoms. The normalized spacial score (nSPS) is 17.6. The topological polar surface area (TPSA) is 73.9 Å². The second-order valence-electron chi connectivity index (χ2n) is 9.69. The summed E-state index contributed by atoms with van der Waals surface area (Å²) in [5.74, 6) is -1.06. The molecular formula is C27H30F2N6O+2. The van der Waals surface area contributed by atoms with Crippen LogP contribution in [-0.2, 0) is 11.3 Å². The number of benzene rings is 2. The van der Waals surface area contributed by atoms with Gasteiger partial charge in [-0.25, -0.2) is 13.8 Å². The molecule has 2 aromatic heterocycles. The smallest absolute Gasteiger partial charge is 0.135 e. The van der Waals surface area contributed by atoms with E-state index in [9.17, 15) is 0 Å². The summed E-state index contributed by atoms with van der Waals surface area (Å²) in [6.45, 7) is 5.26. The van der Waals surface area contributed by atoms with E-state index < -0.39 is 11.6 Å². The van der Waals surface area contributed by atoms with Gasteiger partial charge in [-0.3, -0.25) is 9.67 Å². The molecule has 0 unspecified atom stereocenters. The average molecular weight is 493 g/mol. The quantitative estimate of drug-likeness (QED) is 0.445. The maximum absolute atomic E-state index is 15.1. The lowest BCUT2D eigenvalue weighted by molar-refractivity contribution is -0.921. The number of hydrogen-bond acceptors (Lipinski definition) is 4. The van der Waals surface area contributed by atoms with Crippen molar-refractivity contribution in [1.29, 1.82) is 0 Å². The first-order valence-corrected chi connectivity index (χ1v) is 12.7. The monoisotopic (exact) mass is 492 g/mol. The lowest BCUT2D eigenvalue weighted by Crippen LogP contribution is -3.12. The molecule has 0 saturated carbocycles. The minimum Gasteiger partial charge on any atom is -0.370 e. The third-order valence-electron chi connectivity index (χ3n) is 7.33. The van der Waals surface area contributed by atoms with Crippen LogP contribution in [0.25, 0.3) is 33.4 Å². The van der Waals surface area contributed by atoms with Crippen LogP contribution in [0.4, 0.5) is 8.78 Å². The van der Waals surface area contributed by atoms with Crippen LogP contribution in [0, 0.1) is 11.6 Å². The number of hydrogen-bond donors (Lipinski definition) is 2. The van der Waals surface area contributed by atoms with Gasteiger partial charge in [0.05, 0.1) is 67.0 Å². The molecule has 2 saturated heterocycles. The number of ether oxygens (including phenoxy) is 1. The number of fused-ring (bicyclic) bond motifs is 1. The van der Waals surface area contributed by atoms with E-state index in [0.29, 0.717) is 53.7 Å². The van der Waals surface area contributed by atoms with Crippen LogP contribution in [0.5, 0.6) is 0 Å². The van der Waals surface area contributed by atoms with E-state index in [1.165, 1.54) is 12.1 Å². The maximum atomic E-state index is 15.1. The van der Waals surface area contributed by atoms with Crippen molar-refractivity contribution in [2.45, 2.75) is 25.4 Å². The van der Waals surface area contributed by atoms with Gasteiger partial charge in [0, 0.05) is 30.2 Å². The highest BCUT2D eigenvalue weighted by Crippen LogP contribution is 2.31. The summed E-state index contributed by atoms with van der Waals surface area (Å²) in [6, 6.07) is 8.77. The van der Waals surface area contributed by atoms with E-state index in [0.717, 1.165) is 49.5 Å². The Bertz CT molecular complexity index is 1350. The number of aromatic nitrogens is 4. The van der Waals surface area contributed by atoms with E-state index in [-0.39, 0.29) is 5.56 Å². The highest BCUT2D eigenvalue weighted by molar-refractivity contribution is 5.92. The van der Waals surface area contributed by atoms with Crippen LogP contribution < -0.4 is 10.2 Å². The number of para-hydroxylation sites is 1. The Balaban J connectivity index is 1.33. The molecule has 0 bridgehead atoms. The van der Waals surface area contributed by atoms with Gasteiger partial charge < -0.3 is 15.0 Å². The fourth-order valence-corrected chi connectivity index (χ4v) is 5.26. The van der Waals surface area contributed by atoms with Gasteiger partial charge in [0.15, 0.2) is 0 Å². The minimum atomic E-state index is -0.531. The number of halogens is 2. The molecule has 0 radical (unpaired) electrons. The molecule has 0 atom stereocenters. The average Bonchev–Trinajstić information content (AvgIpc) is 3.42. The van der Waals surface area contributed by atoms with Crippen molar-refractivity contribution in [2.24, 2.45) is 0 Å². The molecule has 186 valence electrons. The van der Waals surface area contributed by atoms with Crippen LogP contribution in [0.1, 0.15) is 24.4 Å². The molecular weight excluding hydrogens is 462 g/mol. The van der Waals surface area contributed by atoms with Gasteiger partial charge in [-0.2, -0.15) is 5.10 Å². The number of morpholine rings is 1. The predicted octanol–water partition coefficient (Wildman–Crippen LogP) is 1.75. The molecule has 2 aliphatic heterocycles. The van der Waals surface area contributed by atoms with Crippen LogP contribution in [0.3, 0.4) is 0 Å². The lowest BCUT2D eigenvalue weighted by Gasteiger charge is -2.24. The molecule has 4 aromatic rings. The number of piperidine rings is 1. The molecule has 2 fully saturated rings. The summed E-state index contributed by atoms with van der Waals surface area (Å²) < 4.78 is 37.7. The zero-order valence-electron chi connectivity index (χ0n) is 20.1. The van der Waals surface area contributed by atoms with Gasteiger partial charge in [0.1, 0.15) is 31.3 Å². The van der Waals surface area contributed by atoms with Gasteiger partial charge in [0.2, 0.25) is 0 Å². The van der Waals surface area contributed by atoms with Gasteiger partial charge in [-0.05, 0) is 23.8 Å². The standard InChI is InChI=1S/C27H28F2N6O/c28-23-12-18(13-24(29)22(23)17-34-8-10-36-11-9-34)21-2-1-3-25-27(21)33-26(15-31-25)19-14-32-35(16-19)20-4-6-30-7-5-20/h1-3,12-16,20,30H,4-11,17H2/p+2. The molecule has 2 aromatic carbocycles.